The van der Waals surface area contributed by atoms with Gasteiger partial charge in [-0.1, -0.05) is 30.4 Å². The average Bonchev–Trinajstić information content (AvgIpc) is 3.14. The SMILES string of the molecule is CCc1cccc2sc(=NC(=O)C3CCCN(S(=O)(=O)c4ccc(OC)cc4)C3)n(C)c12. The van der Waals surface area contributed by atoms with Crippen LogP contribution >= 0.6 is 11.3 Å². The Kier molecular flexibility index (Phi) is 6.50. The number of fused-ring (bicyclic) bond motifs is 1. The number of rotatable bonds is 5. The molecule has 1 aromatic heterocycles. The second kappa shape index (κ2) is 9.17. The number of hydrogen-bond donors (Lipinski definition) is 0. The molecule has 4 rings (SSSR count). The number of carbonyl (C=O) groups is 1. The number of benzene rings is 2. The van der Waals surface area contributed by atoms with Crippen LogP contribution in [0.3, 0.4) is 0 Å². The van der Waals surface area contributed by atoms with Gasteiger partial charge in [0.2, 0.25) is 10.0 Å². The van der Waals surface area contributed by atoms with Gasteiger partial charge in [0, 0.05) is 20.1 Å². The van der Waals surface area contributed by atoms with Gasteiger partial charge in [0.25, 0.3) is 5.91 Å². The minimum Gasteiger partial charge on any atom is -0.497 e. The summed E-state index contributed by atoms with van der Waals surface area (Å²) < 4.78 is 35.8. The number of hydrogen-bond acceptors (Lipinski definition) is 5. The van der Waals surface area contributed by atoms with Gasteiger partial charge in [0.15, 0.2) is 4.80 Å². The van der Waals surface area contributed by atoms with Crippen molar-refractivity contribution in [3.63, 3.8) is 0 Å². The largest absolute Gasteiger partial charge is 0.497 e. The number of nitrogens with zero attached hydrogens (tertiary/aromatic N) is 3. The quantitative estimate of drug-likeness (QED) is 0.569. The number of methoxy groups -OCH3 is 1. The number of aromatic nitrogens is 1. The van der Waals surface area contributed by atoms with E-state index in [9.17, 15) is 13.2 Å². The number of aryl methyl sites for hydroxylation is 2. The van der Waals surface area contributed by atoms with Gasteiger partial charge in [-0.2, -0.15) is 9.30 Å². The predicted molar refractivity (Wildman–Crippen MR) is 125 cm³/mol. The van der Waals surface area contributed by atoms with E-state index in [-0.39, 0.29) is 17.3 Å². The molecule has 1 atom stereocenters. The maximum absolute atomic E-state index is 13.1. The molecule has 1 aliphatic heterocycles. The fourth-order valence-corrected chi connectivity index (χ4v) is 6.72. The Labute approximate surface area is 192 Å². The van der Waals surface area contributed by atoms with Gasteiger partial charge in [-0.15, -0.1) is 0 Å². The average molecular weight is 474 g/mol. The standard InChI is InChI=1S/C23H27N3O4S2/c1-4-16-7-5-9-20-21(16)25(2)23(31-20)24-22(27)17-8-6-14-26(15-17)32(28,29)19-12-10-18(30-3)11-13-19/h5,7,9-13,17H,4,6,8,14-15H2,1-3H3. The van der Waals surface area contributed by atoms with Crippen molar-refractivity contribution in [2.75, 3.05) is 20.2 Å². The fourth-order valence-electron chi connectivity index (χ4n) is 4.12. The highest BCUT2D eigenvalue weighted by atomic mass is 32.2. The smallest absolute Gasteiger partial charge is 0.252 e. The molecule has 1 amide bonds. The van der Waals surface area contributed by atoms with Crippen LogP contribution in [-0.4, -0.2) is 43.4 Å². The van der Waals surface area contributed by atoms with Gasteiger partial charge >= 0.3 is 0 Å². The highest BCUT2D eigenvalue weighted by Crippen LogP contribution is 2.26. The van der Waals surface area contributed by atoms with Crippen molar-refractivity contribution >= 4 is 37.5 Å². The highest BCUT2D eigenvalue weighted by molar-refractivity contribution is 7.89. The third-order valence-corrected chi connectivity index (χ3v) is 8.90. The Morgan fingerprint density at radius 1 is 1.22 bits per heavy atom. The van der Waals surface area contributed by atoms with Crippen LogP contribution in [0.4, 0.5) is 0 Å². The lowest BCUT2D eigenvalue weighted by Crippen LogP contribution is -2.42. The van der Waals surface area contributed by atoms with Crippen molar-refractivity contribution in [2.45, 2.75) is 31.1 Å². The molecule has 0 aliphatic carbocycles. The minimum atomic E-state index is -3.68. The summed E-state index contributed by atoms with van der Waals surface area (Å²) >= 11 is 1.48. The van der Waals surface area contributed by atoms with Crippen LogP contribution in [0.25, 0.3) is 10.2 Å². The van der Waals surface area contributed by atoms with E-state index in [1.165, 1.54) is 40.4 Å². The lowest BCUT2D eigenvalue weighted by atomic mass is 9.99. The topological polar surface area (TPSA) is 81.0 Å². The molecule has 1 unspecified atom stereocenters. The molecule has 0 saturated carbocycles. The number of sulfonamides is 1. The maximum Gasteiger partial charge on any atom is 0.252 e. The van der Waals surface area contributed by atoms with Crippen molar-refractivity contribution in [3.8, 4) is 5.75 Å². The predicted octanol–water partition coefficient (Wildman–Crippen LogP) is 3.34. The first-order valence-electron chi connectivity index (χ1n) is 10.7. The van der Waals surface area contributed by atoms with Gasteiger partial charge in [-0.3, -0.25) is 4.79 Å². The van der Waals surface area contributed by atoms with Crippen molar-refractivity contribution in [3.05, 3.63) is 52.8 Å². The molecule has 7 nitrogen and oxygen atoms in total. The molecule has 0 N–H and O–H groups in total. The fraction of sp³-hybridized carbons (Fsp3) is 0.391. The summed E-state index contributed by atoms with van der Waals surface area (Å²) in [5.41, 5.74) is 2.31. The van der Waals surface area contributed by atoms with E-state index in [1.54, 1.807) is 12.1 Å². The molecule has 170 valence electrons. The molecule has 1 aliphatic rings. The summed E-state index contributed by atoms with van der Waals surface area (Å²) in [5, 5.41) is 0. The molecule has 2 heterocycles. The summed E-state index contributed by atoms with van der Waals surface area (Å²) in [6, 6.07) is 12.5. The molecule has 3 aromatic rings. The lowest BCUT2D eigenvalue weighted by Gasteiger charge is -2.30. The summed E-state index contributed by atoms with van der Waals surface area (Å²) in [6.45, 7) is 2.65. The third kappa shape index (κ3) is 4.24. The molecular formula is C23H27N3O4S2. The van der Waals surface area contributed by atoms with Gasteiger partial charge in [0.1, 0.15) is 5.75 Å². The minimum absolute atomic E-state index is 0.144. The molecule has 0 radical (unpaired) electrons. The summed E-state index contributed by atoms with van der Waals surface area (Å²) in [6.07, 6.45) is 2.15. The van der Waals surface area contributed by atoms with Gasteiger partial charge < -0.3 is 9.30 Å². The van der Waals surface area contributed by atoms with Crippen LogP contribution in [0.1, 0.15) is 25.3 Å². The van der Waals surface area contributed by atoms with Crippen LogP contribution in [-0.2, 0) is 28.3 Å². The molecule has 1 saturated heterocycles. The first-order valence-corrected chi connectivity index (χ1v) is 12.9. The Bertz CT molecular complexity index is 1310. The van der Waals surface area contributed by atoms with E-state index in [4.69, 9.17) is 4.74 Å². The van der Waals surface area contributed by atoms with Gasteiger partial charge in [-0.25, -0.2) is 8.42 Å². The monoisotopic (exact) mass is 473 g/mol. The number of para-hydroxylation sites is 1. The van der Waals surface area contributed by atoms with Crippen LogP contribution in [0.2, 0.25) is 0 Å². The molecular weight excluding hydrogens is 446 g/mol. The summed E-state index contributed by atoms with van der Waals surface area (Å²) in [7, 11) is -0.225. The number of piperidine rings is 1. The summed E-state index contributed by atoms with van der Waals surface area (Å²) in [4.78, 5) is 18.3. The number of thiazole rings is 1. The second-order valence-electron chi connectivity index (χ2n) is 7.89. The second-order valence-corrected chi connectivity index (χ2v) is 10.8. The van der Waals surface area contributed by atoms with Crippen molar-refractivity contribution in [1.82, 2.24) is 8.87 Å². The molecule has 0 bridgehead atoms. The summed E-state index contributed by atoms with van der Waals surface area (Å²) in [5.74, 6) is -0.121. The van der Waals surface area contributed by atoms with E-state index in [0.717, 1.165) is 16.6 Å². The van der Waals surface area contributed by atoms with E-state index >= 15 is 0 Å². The third-order valence-electron chi connectivity index (χ3n) is 5.92. The molecule has 0 spiro atoms. The van der Waals surface area contributed by atoms with Crippen LogP contribution in [0.5, 0.6) is 5.75 Å². The Balaban J connectivity index is 1.59. The van der Waals surface area contributed by atoms with E-state index < -0.39 is 15.9 Å². The van der Waals surface area contributed by atoms with Crippen LogP contribution < -0.4 is 9.54 Å². The highest BCUT2D eigenvalue weighted by Gasteiger charge is 2.33. The van der Waals surface area contributed by atoms with Crippen molar-refractivity contribution in [2.24, 2.45) is 18.0 Å². The van der Waals surface area contributed by atoms with E-state index in [1.807, 2.05) is 23.7 Å². The molecule has 1 fully saturated rings. The number of ether oxygens (including phenoxy) is 1. The van der Waals surface area contributed by atoms with E-state index in [0.29, 0.717) is 29.9 Å². The normalized spacial score (nSPS) is 18.2. The zero-order chi connectivity index (χ0) is 22.9. The Morgan fingerprint density at radius 3 is 2.66 bits per heavy atom. The van der Waals surface area contributed by atoms with E-state index in [2.05, 4.69) is 18.0 Å². The van der Waals surface area contributed by atoms with Crippen molar-refractivity contribution in [1.29, 1.82) is 0 Å². The molecule has 32 heavy (non-hydrogen) atoms. The first-order chi connectivity index (χ1) is 15.3. The Morgan fingerprint density at radius 2 is 1.97 bits per heavy atom. The lowest BCUT2D eigenvalue weighted by molar-refractivity contribution is -0.122. The van der Waals surface area contributed by atoms with Crippen LogP contribution in [0, 0.1) is 5.92 Å². The van der Waals surface area contributed by atoms with Gasteiger partial charge in [0.05, 0.1) is 28.1 Å². The number of carbonyl (C=O) groups excluding carboxylic acids is 1. The Hall–Kier alpha value is -2.49. The van der Waals surface area contributed by atoms with Gasteiger partial charge in [-0.05, 0) is 55.2 Å². The first kappa shape index (κ1) is 22.7. The van der Waals surface area contributed by atoms with Crippen LogP contribution in [0.15, 0.2) is 52.4 Å². The zero-order valence-electron chi connectivity index (χ0n) is 18.4. The maximum atomic E-state index is 13.1. The molecule has 2 aromatic carbocycles. The number of amides is 1. The molecule has 9 heteroatoms. The zero-order valence-corrected chi connectivity index (χ0v) is 20.1. The van der Waals surface area contributed by atoms with Crippen molar-refractivity contribution < 1.29 is 17.9 Å².